The first-order valence-corrected chi connectivity index (χ1v) is 19.0. The van der Waals surface area contributed by atoms with Crippen molar-refractivity contribution in [2.45, 2.75) is 57.8 Å². The van der Waals surface area contributed by atoms with Gasteiger partial charge in [0, 0.05) is 42.6 Å². The van der Waals surface area contributed by atoms with Gasteiger partial charge < -0.3 is 4.90 Å². The molecular weight excluding hydrogens is 635 g/mol. The topological polar surface area (TPSA) is 3.24 Å². The highest BCUT2D eigenvalue weighted by atomic mass is 32.1. The predicted octanol–water partition coefficient (Wildman–Crippen LogP) is 14.2. The van der Waals surface area contributed by atoms with Gasteiger partial charge in [-0.05, 0) is 109 Å². The number of rotatable bonds is 3. The lowest BCUT2D eigenvalue weighted by Gasteiger charge is -2.48. The van der Waals surface area contributed by atoms with E-state index in [9.17, 15) is 0 Å². The van der Waals surface area contributed by atoms with Crippen LogP contribution in [-0.2, 0) is 16.2 Å². The SMILES string of the molecule is CC1(C)c2cc(N(c3ccc4c(c3)C(C)(C)C(C)(C)c3ccccc3-4)c3ccc4c(c3)sc3ccccc34)ccc2-c2c1ccc1ccccc21. The molecule has 2 aliphatic carbocycles. The Morgan fingerprint density at radius 2 is 1.00 bits per heavy atom. The van der Waals surface area contributed by atoms with E-state index in [-0.39, 0.29) is 16.2 Å². The summed E-state index contributed by atoms with van der Waals surface area (Å²) >= 11 is 1.88. The van der Waals surface area contributed by atoms with Crippen LogP contribution in [0.5, 0.6) is 0 Å². The minimum absolute atomic E-state index is 0.0395. The zero-order valence-electron chi connectivity index (χ0n) is 30.1. The molecule has 0 amide bonds. The summed E-state index contributed by atoms with van der Waals surface area (Å²) in [6, 6.07) is 52.8. The molecule has 8 aromatic rings. The molecule has 0 atom stereocenters. The zero-order chi connectivity index (χ0) is 34.9. The van der Waals surface area contributed by atoms with E-state index in [0.717, 1.165) is 0 Å². The van der Waals surface area contributed by atoms with Crippen molar-refractivity contribution in [2.24, 2.45) is 0 Å². The molecule has 0 spiro atoms. The van der Waals surface area contributed by atoms with Crippen LogP contribution >= 0.6 is 11.3 Å². The molecule has 1 nitrogen and oxygen atoms in total. The highest BCUT2D eigenvalue weighted by Gasteiger charge is 2.46. The predicted molar refractivity (Wildman–Crippen MR) is 221 cm³/mol. The monoisotopic (exact) mass is 675 g/mol. The van der Waals surface area contributed by atoms with Crippen LogP contribution < -0.4 is 4.90 Å². The molecule has 0 radical (unpaired) electrons. The van der Waals surface area contributed by atoms with Crippen LogP contribution in [0.3, 0.4) is 0 Å². The van der Waals surface area contributed by atoms with Crippen molar-refractivity contribution in [2.75, 3.05) is 4.90 Å². The highest BCUT2D eigenvalue weighted by molar-refractivity contribution is 7.25. The van der Waals surface area contributed by atoms with Crippen LogP contribution in [0.15, 0.2) is 140 Å². The second-order valence-electron chi connectivity index (χ2n) is 16.2. The van der Waals surface area contributed by atoms with E-state index in [0.29, 0.717) is 0 Å². The van der Waals surface area contributed by atoms with Crippen LogP contribution in [0.4, 0.5) is 17.1 Å². The Balaban J connectivity index is 1.21. The third kappa shape index (κ3) is 4.14. The molecule has 0 saturated carbocycles. The highest BCUT2D eigenvalue weighted by Crippen LogP contribution is 2.56. The fourth-order valence-corrected chi connectivity index (χ4v) is 10.4. The number of hydrogen-bond donors (Lipinski definition) is 0. The molecule has 0 bridgehead atoms. The number of thiophene rings is 1. The van der Waals surface area contributed by atoms with Gasteiger partial charge in [-0.1, -0.05) is 139 Å². The molecule has 2 aliphatic rings. The van der Waals surface area contributed by atoms with Crippen LogP contribution in [-0.4, -0.2) is 0 Å². The molecule has 1 heterocycles. The van der Waals surface area contributed by atoms with Crippen molar-refractivity contribution < 1.29 is 0 Å². The van der Waals surface area contributed by atoms with Gasteiger partial charge in [0.1, 0.15) is 0 Å². The van der Waals surface area contributed by atoms with Crippen LogP contribution in [0.25, 0.3) is 53.2 Å². The minimum Gasteiger partial charge on any atom is -0.310 e. The molecule has 248 valence electrons. The van der Waals surface area contributed by atoms with E-state index < -0.39 is 0 Å². The standard InChI is InChI=1S/C49H41NS/c1-47(2)41-26-19-30-13-7-8-14-34(30)46(41)39-25-22-31(27-42(39)47)50(33-21-24-38-37-16-10-12-18-44(37)51-45(38)29-33)32-20-23-36-35-15-9-11-17-40(35)48(3,4)49(5,6)43(36)28-32/h7-29H,1-6H3. The molecule has 0 unspecified atom stereocenters. The van der Waals surface area contributed by atoms with Gasteiger partial charge in [-0.2, -0.15) is 0 Å². The van der Waals surface area contributed by atoms with Gasteiger partial charge in [0.15, 0.2) is 0 Å². The normalized spacial score (nSPS) is 16.1. The van der Waals surface area contributed by atoms with Gasteiger partial charge in [0.05, 0.1) is 0 Å². The zero-order valence-corrected chi connectivity index (χ0v) is 31.0. The molecule has 7 aromatic carbocycles. The summed E-state index contributed by atoms with van der Waals surface area (Å²) in [7, 11) is 0. The molecule has 0 aliphatic heterocycles. The second kappa shape index (κ2) is 10.4. The Bertz CT molecular complexity index is 2740. The van der Waals surface area contributed by atoms with E-state index in [2.05, 4.69) is 186 Å². The number of benzene rings is 7. The third-order valence-electron chi connectivity index (χ3n) is 12.8. The van der Waals surface area contributed by atoms with Crippen molar-refractivity contribution in [3.8, 4) is 22.3 Å². The van der Waals surface area contributed by atoms with E-state index >= 15 is 0 Å². The maximum absolute atomic E-state index is 2.51. The van der Waals surface area contributed by atoms with Crippen molar-refractivity contribution >= 4 is 59.3 Å². The van der Waals surface area contributed by atoms with E-state index in [1.807, 2.05) is 11.3 Å². The number of nitrogens with zero attached hydrogens (tertiary/aromatic N) is 1. The van der Waals surface area contributed by atoms with Crippen molar-refractivity contribution in [1.82, 2.24) is 0 Å². The summed E-state index contributed by atoms with van der Waals surface area (Å²) in [5.74, 6) is 0. The van der Waals surface area contributed by atoms with Crippen molar-refractivity contribution in [1.29, 1.82) is 0 Å². The molecule has 51 heavy (non-hydrogen) atoms. The molecule has 1 aromatic heterocycles. The number of hydrogen-bond acceptors (Lipinski definition) is 2. The Labute approximate surface area is 304 Å². The smallest absolute Gasteiger partial charge is 0.0476 e. The molecule has 0 fully saturated rings. The number of fused-ring (bicyclic) bond motifs is 11. The second-order valence-corrected chi connectivity index (χ2v) is 17.3. The van der Waals surface area contributed by atoms with Gasteiger partial charge in [0.2, 0.25) is 0 Å². The lowest BCUT2D eigenvalue weighted by atomic mass is 9.55. The molecule has 10 rings (SSSR count). The quantitative estimate of drug-likeness (QED) is 0.180. The summed E-state index contributed by atoms with van der Waals surface area (Å²) in [6.45, 7) is 14.5. The summed E-state index contributed by atoms with van der Waals surface area (Å²) in [4.78, 5) is 2.51. The average Bonchev–Trinajstić information content (AvgIpc) is 3.62. The summed E-state index contributed by atoms with van der Waals surface area (Å²) in [6.07, 6.45) is 0. The largest absolute Gasteiger partial charge is 0.310 e. The van der Waals surface area contributed by atoms with Gasteiger partial charge in [-0.25, -0.2) is 0 Å². The summed E-state index contributed by atoms with van der Waals surface area (Å²) < 4.78 is 2.64. The fraction of sp³-hybridized carbons (Fsp3) is 0.184. The molecule has 2 heteroatoms. The lowest BCUT2D eigenvalue weighted by molar-refractivity contribution is 0.299. The Morgan fingerprint density at radius 3 is 1.82 bits per heavy atom. The maximum atomic E-state index is 2.51. The van der Waals surface area contributed by atoms with Gasteiger partial charge in [-0.15, -0.1) is 11.3 Å². The maximum Gasteiger partial charge on any atom is 0.0476 e. The van der Waals surface area contributed by atoms with Crippen LogP contribution in [0, 0.1) is 0 Å². The first kappa shape index (κ1) is 30.6. The first-order chi connectivity index (χ1) is 24.6. The summed E-state index contributed by atoms with van der Waals surface area (Å²) in [5.41, 5.74) is 14.3. The van der Waals surface area contributed by atoms with E-state index in [4.69, 9.17) is 0 Å². The Morgan fingerprint density at radius 1 is 0.412 bits per heavy atom. The first-order valence-electron chi connectivity index (χ1n) is 18.2. The van der Waals surface area contributed by atoms with E-state index in [1.54, 1.807) is 0 Å². The van der Waals surface area contributed by atoms with Gasteiger partial charge in [0.25, 0.3) is 0 Å². The fourth-order valence-electron chi connectivity index (χ4n) is 9.29. The lowest BCUT2D eigenvalue weighted by Crippen LogP contribution is -2.43. The molecule has 0 saturated heterocycles. The van der Waals surface area contributed by atoms with E-state index in [1.165, 1.54) is 92.5 Å². The number of anilines is 3. The molecular formula is C49H41NS. The van der Waals surface area contributed by atoms with Crippen molar-refractivity contribution in [3.63, 3.8) is 0 Å². The third-order valence-corrected chi connectivity index (χ3v) is 13.9. The average molecular weight is 676 g/mol. The van der Waals surface area contributed by atoms with Crippen LogP contribution in [0.2, 0.25) is 0 Å². The Kier molecular flexibility index (Phi) is 6.27. The van der Waals surface area contributed by atoms with Crippen LogP contribution in [0.1, 0.15) is 63.8 Å². The van der Waals surface area contributed by atoms with Gasteiger partial charge >= 0.3 is 0 Å². The van der Waals surface area contributed by atoms with Gasteiger partial charge in [-0.3, -0.25) is 0 Å². The molecule has 0 N–H and O–H groups in total. The van der Waals surface area contributed by atoms with Crippen molar-refractivity contribution in [3.05, 3.63) is 162 Å². The Hall–Kier alpha value is -5.18. The summed E-state index contributed by atoms with van der Waals surface area (Å²) in [5, 5.41) is 5.28. The minimum atomic E-state index is -0.128.